The fourth-order valence-corrected chi connectivity index (χ4v) is 3.07. The smallest absolute Gasteiger partial charge is 0.142 e. The summed E-state index contributed by atoms with van der Waals surface area (Å²) in [6.45, 7) is 5.45. The highest BCUT2D eigenvalue weighted by molar-refractivity contribution is 6.30. The first-order valence-corrected chi connectivity index (χ1v) is 8.37. The number of ether oxygens (including phenoxy) is 1. The summed E-state index contributed by atoms with van der Waals surface area (Å²) < 4.78 is 22.0. The third-order valence-corrected chi connectivity index (χ3v) is 4.54. The first-order chi connectivity index (χ1) is 11.5. The van der Waals surface area contributed by atoms with Gasteiger partial charge in [-0.05, 0) is 56.6 Å². The maximum Gasteiger partial charge on any atom is 0.142 e. The van der Waals surface area contributed by atoms with Gasteiger partial charge in [-0.15, -0.1) is 0 Å². The average molecular weight is 347 g/mol. The molecule has 5 heteroatoms. The molecule has 24 heavy (non-hydrogen) atoms. The molecule has 1 heterocycles. The summed E-state index contributed by atoms with van der Waals surface area (Å²) in [6.07, 6.45) is 2.59. The van der Waals surface area contributed by atoms with Crippen LogP contribution in [0.3, 0.4) is 0 Å². The number of nitrogens with zero attached hydrogens (tertiary/aromatic N) is 1. The van der Waals surface area contributed by atoms with Gasteiger partial charge in [-0.2, -0.15) is 0 Å². The molecular formula is C19H20ClFN2O. The van der Waals surface area contributed by atoms with Crippen LogP contribution in [0, 0.1) is 12.7 Å². The van der Waals surface area contributed by atoms with Crippen LogP contribution in [0.15, 0.2) is 36.5 Å². The van der Waals surface area contributed by atoms with E-state index < -0.39 is 5.82 Å². The Morgan fingerprint density at radius 1 is 1.21 bits per heavy atom. The lowest BCUT2D eigenvalue weighted by Gasteiger charge is -2.14. The molecule has 126 valence electrons. The van der Waals surface area contributed by atoms with E-state index in [2.05, 4.69) is 23.8 Å². The average Bonchev–Trinajstić information content (AvgIpc) is 2.98. The van der Waals surface area contributed by atoms with E-state index in [-0.39, 0.29) is 5.02 Å². The van der Waals surface area contributed by atoms with Crippen LogP contribution in [0.1, 0.15) is 18.1 Å². The molecule has 1 aromatic heterocycles. The molecule has 0 bridgehead atoms. The van der Waals surface area contributed by atoms with Crippen molar-refractivity contribution in [2.24, 2.45) is 5.73 Å². The van der Waals surface area contributed by atoms with E-state index in [1.807, 2.05) is 19.1 Å². The number of hydrogen-bond donors (Lipinski definition) is 1. The van der Waals surface area contributed by atoms with E-state index in [0.717, 1.165) is 23.2 Å². The minimum atomic E-state index is -0.459. The highest BCUT2D eigenvalue weighted by Gasteiger charge is 2.13. The van der Waals surface area contributed by atoms with Gasteiger partial charge in [0.2, 0.25) is 0 Å². The van der Waals surface area contributed by atoms with Crippen molar-refractivity contribution in [2.75, 3.05) is 6.54 Å². The van der Waals surface area contributed by atoms with Crippen molar-refractivity contribution in [2.45, 2.75) is 26.8 Å². The van der Waals surface area contributed by atoms with Crippen molar-refractivity contribution in [3.8, 4) is 11.5 Å². The van der Waals surface area contributed by atoms with Gasteiger partial charge in [-0.25, -0.2) is 4.39 Å². The van der Waals surface area contributed by atoms with Gasteiger partial charge in [0, 0.05) is 35.3 Å². The van der Waals surface area contributed by atoms with Gasteiger partial charge >= 0.3 is 0 Å². The number of nitrogens with two attached hydrogens (primary N) is 1. The van der Waals surface area contributed by atoms with Crippen LogP contribution >= 0.6 is 11.6 Å². The Bertz CT molecular complexity index is 889. The van der Waals surface area contributed by atoms with Crippen molar-refractivity contribution in [3.63, 3.8) is 0 Å². The normalized spacial score (nSPS) is 11.2. The number of benzene rings is 2. The molecule has 0 aliphatic carbocycles. The zero-order chi connectivity index (χ0) is 17.3. The summed E-state index contributed by atoms with van der Waals surface area (Å²) in [5, 5.41) is 1.18. The lowest BCUT2D eigenvalue weighted by atomic mass is 10.1. The lowest BCUT2D eigenvalue weighted by molar-refractivity contribution is 0.471. The predicted octanol–water partition coefficient (Wildman–Crippen LogP) is 5.06. The van der Waals surface area contributed by atoms with Gasteiger partial charge < -0.3 is 15.0 Å². The Labute approximate surface area is 145 Å². The Kier molecular flexibility index (Phi) is 4.78. The lowest BCUT2D eigenvalue weighted by Crippen LogP contribution is -2.05. The number of hydrogen-bond acceptors (Lipinski definition) is 2. The molecule has 0 saturated heterocycles. The fourth-order valence-electron chi connectivity index (χ4n) is 2.92. The molecule has 0 aliphatic heterocycles. The second-order valence-electron chi connectivity index (χ2n) is 5.74. The van der Waals surface area contributed by atoms with Gasteiger partial charge in [0.25, 0.3) is 0 Å². The number of halogens is 2. The predicted molar refractivity (Wildman–Crippen MR) is 96.6 cm³/mol. The second-order valence-corrected chi connectivity index (χ2v) is 6.15. The highest BCUT2D eigenvalue weighted by Crippen LogP contribution is 2.35. The zero-order valence-corrected chi connectivity index (χ0v) is 14.5. The highest BCUT2D eigenvalue weighted by atomic mass is 35.5. The number of fused-ring (bicyclic) bond motifs is 1. The number of aromatic nitrogens is 1. The Balaban J connectivity index is 2.04. The largest absolute Gasteiger partial charge is 0.457 e. The zero-order valence-electron chi connectivity index (χ0n) is 13.8. The Morgan fingerprint density at radius 2 is 2.00 bits per heavy atom. The molecule has 3 nitrogen and oxygen atoms in total. The van der Waals surface area contributed by atoms with Crippen molar-refractivity contribution in [1.82, 2.24) is 4.57 Å². The fraction of sp³-hybridized carbons (Fsp3) is 0.263. The van der Waals surface area contributed by atoms with Crippen LogP contribution in [0.4, 0.5) is 4.39 Å². The van der Waals surface area contributed by atoms with Crippen molar-refractivity contribution in [3.05, 3.63) is 58.5 Å². The van der Waals surface area contributed by atoms with E-state index in [1.165, 1.54) is 17.6 Å². The van der Waals surface area contributed by atoms with Gasteiger partial charge in [-0.1, -0.05) is 11.6 Å². The van der Waals surface area contributed by atoms with E-state index in [4.69, 9.17) is 22.1 Å². The molecule has 3 aromatic rings. The van der Waals surface area contributed by atoms with Gasteiger partial charge in [0.05, 0.1) is 5.02 Å². The van der Waals surface area contributed by atoms with Crippen molar-refractivity contribution < 1.29 is 9.13 Å². The molecule has 2 aromatic carbocycles. The summed E-state index contributed by atoms with van der Waals surface area (Å²) in [7, 11) is 0. The molecule has 0 spiro atoms. The minimum absolute atomic E-state index is 0.0432. The first kappa shape index (κ1) is 16.8. The summed E-state index contributed by atoms with van der Waals surface area (Å²) in [5.74, 6) is 0.821. The van der Waals surface area contributed by atoms with Crippen molar-refractivity contribution >= 4 is 22.5 Å². The van der Waals surface area contributed by atoms with Crippen LogP contribution in [-0.2, 0) is 13.0 Å². The standard InChI is InChI=1S/C19H20ClFN2O/c1-3-23-9-7-14-12(2)18(5-4-17(14)23)24-19-11-15(20)16(21)10-13(19)6-8-22/h4-5,7,9-11H,3,6,8,22H2,1-2H3. The molecule has 0 aliphatic rings. The minimum Gasteiger partial charge on any atom is -0.457 e. The molecule has 0 fully saturated rings. The molecule has 0 radical (unpaired) electrons. The van der Waals surface area contributed by atoms with Crippen LogP contribution < -0.4 is 10.5 Å². The summed E-state index contributed by atoms with van der Waals surface area (Å²) in [5.41, 5.74) is 8.54. The molecule has 0 saturated carbocycles. The molecule has 0 unspecified atom stereocenters. The molecule has 0 amide bonds. The maximum atomic E-state index is 13.7. The SMILES string of the molecule is CCn1ccc2c(C)c(Oc3cc(Cl)c(F)cc3CCN)ccc21. The Morgan fingerprint density at radius 3 is 2.71 bits per heavy atom. The topological polar surface area (TPSA) is 40.2 Å². The molecular weight excluding hydrogens is 327 g/mol. The van der Waals surface area contributed by atoms with Gasteiger partial charge in [0.1, 0.15) is 17.3 Å². The van der Waals surface area contributed by atoms with E-state index >= 15 is 0 Å². The van der Waals surface area contributed by atoms with Crippen molar-refractivity contribution in [1.29, 1.82) is 0 Å². The second kappa shape index (κ2) is 6.83. The Hall–Kier alpha value is -2.04. The van der Waals surface area contributed by atoms with E-state index in [0.29, 0.717) is 24.3 Å². The van der Waals surface area contributed by atoms with Gasteiger partial charge in [-0.3, -0.25) is 0 Å². The monoisotopic (exact) mass is 346 g/mol. The van der Waals surface area contributed by atoms with E-state index in [1.54, 1.807) is 0 Å². The maximum absolute atomic E-state index is 13.7. The number of aryl methyl sites for hydroxylation is 2. The summed E-state index contributed by atoms with van der Waals surface area (Å²) in [4.78, 5) is 0. The first-order valence-electron chi connectivity index (χ1n) is 7.99. The summed E-state index contributed by atoms with van der Waals surface area (Å²) in [6, 6.07) is 8.97. The number of rotatable bonds is 5. The van der Waals surface area contributed by atoms with Crippen LogP contribution in [0.5, 0.6) is 11.5 Å². The van der Waals surface area contributed by atoms with Crippen LogP contribution in [0.25, 0.3) is 10.9 Å². The third-order valence-electron chi connectivity index (χ3n) is 4.25. The van der Waals surface area contributed by atoms with Crippen LogP contribution in [-0.4, -0.2) is 11.1 Å². The van der Waals surface area contributed by atoms with Crippen LogP contribution in [0.2, 0.25) is 5.02 Å². The quantitative estimate of drug-likeness (QED) is 0.701. The van der Waals surface area contributed by atoms with Gasteiger partial charge in [0.15, 0.2) is 0 Å². The summed E-state index contributed by atoms with van der Waals surface area (Å²) >= 11 is 5.92. The third kappa shape index (κ3) is 2.99. The molecule has 3 rings (SSSR count). The van der Waals surface area contributed by atoms with E-state index in [9.17, 15) is 4.39 Å². The molecule has 2 N–H and O–H groups in total. The molecule has 0 atom stereocenters.